The second kappa shape index (κ2) is 9.03. The lowest BCUT2D eigenvalue weighted by atomic mass is 10.2. The van der Waals surface area contributed by atoms with E-state index in [2.05, 4.69) is 10.3 Å². The van der Waals surface area contributed by atoms with E-state index in [0.717, 1.165) is 17.9 Å². The molecule has 2 aliphatic rings. The van der Waals surface area contributed by atoms with Gasteiger partial charge in [-0.1, -0.05) is 65.5 Å². The average Bonchev–Trinajstić information content (AvgIpc) is 3.20. The molecule has 0 saturated carbocycles. The third-order valence-corrected chi connectivity index (χ3v) is 6.30. The van der Waals surface area contributed by atoms with E-state index in [1.807, 2.05) is 18.2 Å². The minimum atomic E-state index is -0.143. The molecule has 1 fully saturated rings. The fourth-order valence-electron chi connectivity index (χ4n) is 2.42. The minimum Gasteiger partial charge on any atom is -0.305 e. The SMILES string of the molecule is O=C(CCCN1C(=O)/C(=C/c2ccccc2Cl)SC1=S)NC1=NCCS1. The molecule has 0 aromatic heterocycles. The van der Waals surface area contributed by atoms with Gasteiger partial charge < -0.3 is 5.32 Å². The molecule has 0 aliphatic carbocycles. The topological polar surface area (TPSA) is 61.8 Å². The van der Waals surface area contributed by atoms with Gasteiger partial charge in [0.2, 0.25) is 5.91 Å². The zero-order chi connectivity index (χ0) is 18.5. The lowest BCUT2D eigenvalue weighted by molar-refractivity contribution is -0.123. The maximum atomic E-state index is 12.6. The number of hydrogen-bond donors (Lipinski definition) is 1. The highest BCUT2D eigenvalue weighted by Crippen LogP contribution is 2.33. The number of aliphatic imine (C=N–C) groups is 1. The Bertz CT molecular complexity index is 810. The smallest absolute Gasteiger partial charge is 0.266 e. The number of hydrogen-bond acceptors (Lipinski definition) is 6. The highest BCUT2D eigenvalue weighted by Gasteiger charge is 2.31. The first-order valence-corrected chi connectivity index (χ1v) is 10.6. The largest absolute Gasteiger partial charge is 0.305 e. The second-order valence-electron chi connectivity index (χ2n) is 5.54. The lowest BCUT2D eigenvalue weighted by Gasteiger charge is -2.14. The van der Waals surface area contributed by atoms with Crippen LogP contribution < -0.4 is 5.32 Å². The number of carbonyl (C=O) groups excluding carboxylic acids is 2. The molecule has 1 aromatic rings. The maximum Gasteiger partial charge on any atom is 0.266 e. The van der Waals surface area contributed by atoms with Crippen LogP contribution in [0.3, 0.4) is 0 Å². The molecule has 0 radical (unpaired) electrons. The second-order valence-corrected chi connectivity index (χ2v) is 8.71. The van der Waals surface area contributed by atoms with Gasteiger partial charge >= 0.3 is 0 Å². The number of thioether (sulfide) groups is 2. The first kappa shape index (κ1) is 19.4. The van der Waals surface area contributed by atoms with Gasteiger partial charge in [-0.15, -0.1) is 0 Å². The molecule has 2 amide bonds. The number of thiocarbonyl (C=S) groups is 1. The third kappa shape index (κ3) is 4.88. The summed E-state index contributed by atoms with van der Waals surface area (Å²) in [5, 5.41) is 4.05. The zero-order valence-electron chi connectivity index (χ0n) is 13.7. The quantitative estimate of drug-likeness (QED) is 0.577. The Balaban J connectivity index is 1.54. The van der Waals surface area contributed by atoms with Crippen molar-refractivity contribution in [1.29, 1.82) is 0 Å². The Hall–Kier alpha value is -1.35. The van der Waals surface area contributed by atoms with Crippen molar-refractivity contribution in [2.75, 3.05) is 18.8 Å². The van der Waals surface area contributed by atoms with Crippen LogP contribution >= 0.6 is 47.3 Å². The summed E-state index contributed by atoms with van der Waals surface area (Å²) in [7, 11) is 0. The van der Waals surface area contributed by atoms with Crippen molar-refractivity contribution in [3.05, 3.63) is 39.8 Å². The standard InChI is InChI=1S/C17H16ClN3O2S3/c18-12-5-2-1-4-11(12)10-13-15(23)21(17(24)26-13)8-3-6-14(22)20-16-19-7-9-25-16/h1-2,4-5,10H,3,6-9H2,(H,19,20,22)/b13-10-. The number of amides is 2. The summed E-state index contributed by atoms with van der Waals surface area (Å²) in [5.74, 6) is 0.676. The summed E-state index contributed by atoms with van der Waals surface area (Å²) in [5.41, 5.74) is 0.781. The van der Waals surface area contributed by atoms with Crippen molar-refractivity contribution >= 4 is 74.7 Å². The van der Waals surface area contributed by atoms with Gasteiger partial charge in [0.1, 0.15) is 4.32 Å². The molecule has 0 bridgehead atoms. The van der Waals surface area contributed by atoms with Crippen LogP contribution in [0.25, 0.3) is 6.08 Å². The van der Waals surface area contributed by atoms with Crippen molar-refractivity contribution in [1.82, 2.24) is 10.2 Å². The van der Waals surface area contributed by atoms with E-state index in [1.165, 1.54) is 16.7 Å². The minimum absolute atomic E-state index is 0.0878. The van der Waals surface area contributed by atoms with E-state index in [4.69, 9.17) is 23.8 Å². The number of amidine groups is 1. The van der Waals surface area contributed by atoms with E-state index in [1.54, 1.807) is 23.9 Å². The normalized spacial score (nSPS) is 18.6. The van der Waals surface area contributed by atoms with Gasteiger partial charge in [0.25, 0.3) is 5.91 Å². The monoisotopic (exact) mass is 425 g/mol. The van der Waals surface area contributed by atoms with Crippen molar-refractivity contribution in [3.63, 3.8) is 0 Å². The third-order valence-electron chi connectivity index (χ3n) is 3.68. The van der Waals surface area contributed by atoms with Gasteiger partial charge in [-0.2, -0.15) is 0 Å². The van der Waals surface area contributed by atoms with Crippen LogP contribution in [-0.2, 0) is 9.59 Å². The van der Waals surface area contributed by atoms with Crippen molar-refractivity contribution in [2.45, 2.75) is 12.8 Å². The molecule has 26 heavy (non-hydrogen) atoms. The van der Waals surface area contributed by atoms with Gasteiger partial charge in [-0.25, -0.2) is 0 Å². The Morgan fingerprint density at radius 1 is 1.42 bits per heavy atom. The van der Waals surface area contributed by atoms with Crippen molar-refractivity contribution < 1.29 is 9.59 Å². The molecular formula is C17H16ClN3O2S3. The summed E-state index contributed by atoms with van der Waals surface area (Å²) in [6, 6.07) is 7.33. The van der Waals surface area contributed by atoms with Crippen LogP contribution in [0.15, 0.2) is 34.2 Å². The molecule has 1 saturated heterocycles. The van der Waals surface area contributed by atoms with E-state index >= 15 is 0 Å². The van der Waals surface area contributed by atoms with Gasteiger partial charge in [0.15, 0.2) is 5.17 Å². The van der Waals surface area contributed by atoms with E-state index in [0.29, 0.717) is 38.8 Å². The van der Waals surface area contributed by atoms with Crippen LogP contribution in [0.1, 0.15) is 18.4 Å². The highest BCUT2D eigenvalue weighted by molar-refractivity contribution is 8.26. The van der Waals surface area contributed by atoms with Crippen LogP contribution in [0.2, 0.25) is 5.02 Å². The fraction of sp³-hybridized carbons (Fsp3) is 0.294. The summed E-state index contributed by atoms with van der Waals surface area (Å²) in [6.45, 7) is 1.16. The Labute approximate surface area is 170 Å². The van der Waals surface area contributed by atoms with Crippen molar-refractivity contribution in [2.24, 2.45) is 4.99 Å². The average molecular weight is 426 g/mol. The van der Waals surface area contributed by atoms with Gasteiger partial charge in [-0.3, -0.25) is 19.5 Å². The van der Waals surface area contributed by atoms with Gasteiger partial charge in [0.05, 0.1) is 11.4 Å². The first-order chi connectivity index (χ1) is 12.5. The van der Waals surface area contributed by atoms with Crippen LogP contribution in [-0.4, -0.2) is 45.0 Å². The summed E-state index contributed by atoms with van der Waals surface area (Å²) < 4.78 is 0.504. The molecule has 3 rings (SSSR count). The Morgan fingerprint density at radius 2 is 2.23 bits per heavy atom. The lowest BCUT2D eigenvalue weighted by Crippen LogP contribution is -2.31. The summed E-state index contributed by atoms with van der Waals surface area (Å²) in [6.07, 6.45) is 2.61. The van der Waals surface area contributed by atoms with Crippen molar-refractivity contribution in [3.8, 4) is 0 Å². The fourth-order valence-corrected chi connectivity index (χ4v) is 4.65. The number of benzene rings is 1. The highest BCUT2D eigenvalue weighted by atomic mass is 35.5. The van der Waals surface area contributed by atoms with Crippen LogP contribution in [0.4, 0.5) is 0 Å². The number of nitrogens with one attached hydrogen (secondary N) is 1. The molecule has 0 spiro atoms. The summed E-state index contributed by atoms with van der Waals surface area (Å²) in [4.78, 5) is 30.7. The molecule has 0 atom stereocenters. The molecule has 9 heteroatoms. The molecule has 136 valence electrons. The summed E-state index contributed by atoms with van der Waals surface area (Å²) >= 11 is 14.3. The van der Waals surface area contributed by atoms with Gasteiger partial charge in [-0.05, 0) is 24.1 Å². The molecule has 1 aromatic carbocycles. The van der Waals surface area contributed by atoms with E-state index in [9.17, 15) is 9.59 Å². The number of rotatable bonds is 5. The van der Waals surface area contributed by atoms with Crippen LogP contribution in [0, 0.1) is 0 Å². The molecular weight excluding hydrogens is 410 g/mol. The Kier molecular flexibility index (Phi) is 6.74. The first-order valence-electron chi connectivity index (χ1n) is 8.01. The number of halogens is 1. The predicted molar refractivity (Wildman–Crippen MR) is 113 cm³/mol. The van der Waals surface area contributed by atoms with E-state index < -0.39 is 0 Å². The molecule has 2 heterocycles. The molecule has 0 unspecified atom stereocenters. The van der Waals surface area contributed by atoms with E-state index in [-0.39, 0.29) is 11.8 Å². The van der Waals surface area contributed by atoms with Gasteiger partial charge in [0, 0.05) is 23.7 Å². The van der Waals surface area contributed by atoms with Crippen LogP contribution in [0.5, 0.6) is 0 Å². The predicted octanol–water partition coefficient (Wildman–Crippen LogP) is 3.54. The molecule has 2 aliphatic heterocycles. The molecule has 5 nitrogen and oxygen atoms in total. The molecule has 1 N–H and O–H groups in total. The number of nitrogens with zero attached hydrogens (tertiary/aromatic N) is 2. The number of carbonyl (C=O) groups is 2. The maximum absolute atomic E-state index is 12.6. The Morgan fingerprint density at radius 3 is 2.96 bits per heavy atom. The zero-order valence-corrected chi connectivity index (χ0v) is 16.9.